The van der Waals surface area contributed by atoms with E-state index in [1.807, 2.05) is 0 Å². The van der Waals surface area contributed by atoms with Gasteiger partial charge in [0.15, 0.2) is 0 Å². The lowest BCUT2D eigenvalue weighted by Crippen LogP contribution is -2.59. The molecule has 2 heteroatoms. The van der Waals surface area contributed by atoms with Gasteiger partial charge in [-0.05, 0) is 17.4 Å². The van der Waals surface area contributed by atoms with Crippen molar-refractivity contribution in [3.63, 3.8) is 0 Å². The summed E-state index contributed by atoms with van der Waals surface area (Å²) < 4.78 is 0. The SMILES string of the molecule is CCC(C)C1CN(Cc2ccccc2)C(C(C)CC)CN1. The fourth-order valence-corrected chi connectivity index (χ4v) is 3.35. The fraction of sp³-hybridized carbons (Fsp3) is 0.684. The zero-order valence-electron chi connectivity index (χ0n) is 14.2. The van der Waals surface area contributed by atoms with E-state index in [0.717, 1.165) is 24.9 Å². The van der Waals surface area contributed by atoms with Crippen molar-refractivity contribution in [2.75, 3.05) is 13.1 Å². The molecule has 1 fully saturated rings. The van der Waals surface area contributed by atoms with Crippen LogP contribution < -0.4 is 5.32 Å². The summed E-state index contributed by atoms with van der Waals surface area (Å²) >= 11 is 0. The number of piperazine rings is 1. The highest BCUT2D eigenvalue weighted by atomic mass is 15.2. The van der Waals surface area contributed by atoms with Crippen molar-refractivity contribution in [2.45, 2.75) is 59.2 Å². The van der Waals surface area contributed by atoms with Gasteiger partial charge in [-0.15, -0.1) is 0 Å². The van der Waals surface area contributed by atoms with Gasteiger partial charge in [0, 0.05) is 31.7 Å². The third kappa shape index (κ3) is 4.31. The van der Waals surface area contributed by atoms with E-state index < -0.39 is 0 Å². The average Bonchev–Trinajstić information content (AvgIpc) is 2.54. The molecule has 1 saturated heterocycles. The van der Waals surface area contributed by atoms with Gasteiger partial charge in [-0.25, -0.2) is 0 Å². The maximum atomic E-state index is 3.81. The summed E-state index contributed by atoms with van der Waals surface area (Å²) in [6.07, 6.45) is 2.51. The normalized spacial score (nSPS) is 26.5. The highest BCUT2D eigenvalue weighted by Gasteiger charge is 2.32. The van der Waals surface area contributed by atoms with Crippen LogP contribution in [0, 0.1) is 11.8 Å². The summed E-state index contributed by atoms with van der Waals surface area (Å²) in [5.74, 6) is 1.50. The molecule has 1 aliphatic rings. The molecular weight excluding hydrogens is 256 g/mol. The van der Waals surface area contributed by atoms with Crippen LogP contribution in [0.4, 0.5) is 0 Å². The molecule has 1 aromatic rings. The fourth-order valence-electron chi connectivity index (χ4n) is 3.35. The molecule has 1 aromatic carbocycles. The molecule has 0 radical (unpaired) electrons. The van der Waals surface area contributed by atoms with Gasteiger partial charge in [-0.3, -0.25) is 4.90 Å². The third-order valence-electron chi connectivity index (χ3n) is 5.35. The van der Waals surface area contributed by atoms with Crippen molar-refractivity contribution in [1.29, 1.82) is 0 Å². The lowest BCUT2D eigenvalue weighted by atomic mass is 9.90. The van der Waals surface area contributed by atoms with Crippen LogP contribution in [0.25, 0.3) is 0 Å². The molecule has 2 nitrogen and oxygen atoms in total. The Hall–Kier alpha value is -0.860. The summed E-state index contributed by atoms with van der Waals surface area (Å²) in [5, 5.41) is 3.81. The first-order chi connectivity index (χ1) is 10.2. The molecule has 0 saturated carbocycles. The second kappa shape index (κ2) is 7.95. The van der Waals surface area contributed by atoms with Crippen molar-refractivity contribution in [3.05, 3.63) is 35.9 Å². The maximum absolute atomic E-state index is 3.81. The highest BCUT2D eigenvalue weighted by molar-refractivity contribution is 5.15. The number of hydrogen-bond donors (Lipinski definition) is 1. The molecule has 4 atom stereocenters. The quantitative estimate of drug-likeness (QED) is 0.853. The molecule has 0 amide bonds. The van der Waals surface area contributed by atoms with Gasteiger partial charge in [0.1, 0.15) is 0 Å². The summed E-state index contributed by atoms with van der Waals surface area (Å²) in [7, 11) is 0. The largest absolute Gasteiger partial charge is 0.311 e. The van der Waals surface area contributed by atoms with E-state index in [1.165, 1.54) is 24.9 Å². The predicted molar refractivity (Wildman–Crippen MR) is 91.3 cm³/mol. The summed E-state index contributed by atoms with van der Waals surface area (Å²) in [5.41, 5.74) is 1.44. The first-order valence-electron chi connectivity index (χ1n) is 8.67. The van der Waals surface area contributed by atoms with E-state index >= 15 is 0 Å². The van der Waals surface area contributed by atoms with Crippen LogP contribution in [0.1, 0.15) is 46.1 Å². The van der Waals surface area contributed by atoms with E-state index in [4.69, 9.17) is 0 Å². The minimum atomic E-state index is 0.638. The second-order valence-electron chi connectivity index (χ2n) is 6.77. The monoisotopic (exact) mass is 288 g/mol. The van der Waals surface area contributed by atoms with Crippen molar-refractivity contribution in [1.82, 2.24) is 10.2 Å². The van der Waals surface area contributed by atoms with E-state index in [2.05, 4.69) is 68.2 Å². The first-order valence-corrected chi connectivity index (χ1v) is 8.67. The molecule has 4 unspecified atom stereocenters. The van der Waals surface area contributed by atoms with Crippen LogP contribution in [0.15, 0.2) is 30.3 Å². The van der Waals surface area contributed by atoms with Crippen LogP contribution >= 0.6 is 0 Å². The van der Waals surface area contributed by atoms with E-state index in [-0.39, 0.29) is 0 Å². The Labute approximate surface area is 130 Å². The molecule has 1 heterocycles. The average molecular weight is 288 g/mol. The topological polar surface area (TPSA) is 15.3 Å². The molecule has 0 aromatic heterocycles. The van der Waals surface area contributed by atoms with Gasteiger partial charge < -0.3 is 5.32 Å². The van der Waals surface area contributed by atoms with E-state index in [9.17, 15) is 0 Å². The third-order valence-corrected chi connectivity index (χ3v) is 5.35. The Kier molecular flexibility index (Phi) is 6.25. The molecule has 1 N–H and O–H groups in total. The Bertz CT molecular complexity index is 403. The number of benzene rings is 1. The van der Waals surface area contributed by atoms with Crippen LogP contribution in [0.3, 0.4) is 0 Å². The first kappa shape index (κ1) is 16.5. The lowest BCUT2D eigenvalue weighted by Gasteiger charge is -2.44. The predicted octanol–water partition coefficient (Wildman–Crippen LogP) is 3.92. The molecule has 0 bridgehead atoms. The Morgan fingerprint density at radius 3 is 2.38 bits per heavy atom. The van der Waals surface area contributed by atoms with Gasteiger partial charge in [0.05, 0.1) is 0 Å². The molecule has 1 aliphatic heterocycles. The van der Waals surface area contributed by atoms with Gasteiger partial charge in [-0.1, -0.05) is 70.9 Å². The molecule has 2 rings (SSSR count). The van der Waals surface area contributed by atoms with Crippen LogP contribution in [-0.4, -0.2) is 30.1 Å². The molecule has 21 heavy (non-hydrogen) atoms. The lowest BCUT2D eigenvalue weighted by molar-refractivity contribution is 0.0693. The summed E-state index contributed by atoms with van der Waals surface area (Å²) in [6, 6.07) is 12.2. The minimum Gasteiger partial charge on any atom is -0.311 e. The number of nitrogens with zero attached hydrogens (tertiary/aromatic N) is 1. The number of rotatable bonds is 6. The molecule has 0 spiro atoms. The summed E-state index contributed by atoms with van der Waals surface area (Å²) in [6.45, 7) is 12.8. The smallest absolute Gasteiger partial charge is 0.0250 e. The van der Waals surface area contributed by atoms with Crippen molar-refractivity contribution in [2.24, 2.45) is 11.8 Å². The molecule has 118 valence electrons. The van der Waals surface area contributed by atoms with Crippen molar-refractivity contribution < 1.29 is 0 Å². The van der Waals surface area contributed by atoms with E-state index in [0.29, 0.717) is 12.1 Å². The molecular formula is C19H32N2. The van der Waals surface area contributed by atoms with Gasteiger partial charge >= 0.3 is 0 Å². The maximum Gasteiger partial charge on any atom is 0.0250 e. The zero-order chi connectivity index (χ0) is 15.2. The van der Waals surface area contributed by atoms with Gasteiger partial charge in [0.25, 0.3) is 0 Å². The number of hydrogen-bond acceptors (Lipinski definition) is 2. The van der Waals surface area contributed by atoms with Gasteiger partial charge in [-0.2, -0.15) is 0 Å². The Morgan fingerprint density at radius 2 is 1.76 bits per heavy atom. The standard InChI is InChI=1S/C19H32N2/c1-5-15(3)18-14-21(13-17-10-8-7-9-11-17)19(12-20-18)16(4)6-2/h7-11,15-16,18-20H,5-6,12-14H2,1-4H3. The van der Waals surface area contributed by atoms with Crippen LogP contribution in [-0.2, 0) is 6.54 Å². The van der Waals surface area contributed by atoms with Crippen molar-refractivity contribution in [3.8, 4) is 0 Å². The Balaban J connectivity index is 2.09. The Morgan fingerprint density at radius 1 is 1.10 bits per heavy atom. The van der Waals surface area contributed by atoms with Crippen molar-refractivity contribution >= 4 is 0 Å². The summed E-state index contributed by atoms with van der Waals surface area (Å²) in [4.78, 5) is 2.72. The van der Waals surface area contributed by atoms with E-state index in [1.54, 1.807) is 0 Å². The number of nitrogens with one attached hydrogen (secondary N) is 1. The van der Waals surface area contributed by atoms with Crippen LogP contribution in [0.2, 0.25) is 0 Å². The van der Waals surface area contributed by atoms with Crippen LogP contribution in [0.5, 0.6) is 0 Å². The zero-order valence-corrected chi connectivity index (χ0v) is 14.2. The highest BCUT2D eigenvalue weighted by Crippen LogP contribution is 2.23. The van der Waals surface area contributed by atoms with Gasteiger partial charge in [0.2, 0.25) is 0 Å². The second-order valence-corrected chi connectivity index (χ2v) is 6.77. The minimum absolute atomic E-state index is 0.638. The molecule has 0 aliphatic carbocycles.